The van der Waals surface area contributed by atoms with Crippen molar-refractivity contribution < 1.29 is 18.3 Å². The van der Waals surface area contributed by atoms with E-state index in [0.717, 1.165) is 12.1 Å². The van der Waals surface area contributed by atoms with Crippen molar-refractivity contribution in [3.05, 3.63) is 41.5 Å². The molecule has 1 aromatic rings. The SMILES string of the molecule is C=C(COc1ccc(F)c(C(=O)NC)c1F)C(C)=NC. The van der Waals surface area contributed by atoms with Crippen molar-refractivity contribution in [3.63, 3.8) is 0 Å². The molecule has 1 rings (SSSR count). The van der Waals surface area contributed by atoms with Crippen LogP contribution in [0.5, 0.6) is 5.75 Å². The van der Waals surface area contributed by atoms with E-state index >= 15 is 0 Å². The second-order valence-electron chi connectivity index (χ2n) is 4.01. The topological polar surface area (TPSA) is 50.7 Å². The Morgan fingerprint density at radius 1 is 1.45 bits per heavy atom. The number of nitrogens with one attached hydrogen (secondary N) is 1. The molecule has 1 amide bonds. The van der Waals surface area contributed by atoms with Crippen molar-refractivity contribution in [2.75, 3.05) is 20.7 Å². The molecule has 0 unspecified atom stereocenters. The zero-order valence-corrected chi connectivity index (χ0v) is 11.6. The lowest BCUT2D eigenvalue weighted by Gasteiger charge is -2.11. The van der Waals surface area contributed by atoms with Gasteiger partial charge in [0.25, 0.3) is 5.91 Å². The minimum absolute atomic E-state index is 0.00108. The maximum absolute atomic E-state index is 14.0. The number of amides is 1. The molecule has 0 atom stereocenters. The summed E-state index contributed by atoms with van der Waals surface area (Å²) in [6, 6.07) is 2.11. The fourth-order valence-corrected chi connectivity index (χ4v) is 1.41. The monoisotopic (exact) mass is 282 g/mol. The Balaban J connectivity index is 2.98. The number of aliphatic imine (C=N–C) groups is 1. The first-order valence-corrected chi connectivity index (χ1v) is 5.86. The number of carbonyl (C=O) groups excluding carboxylic acids is 1. The van der Waals surface area contributed by atoms with Crippen LogP contribution in [0.4, 0.5) is 8.78 Å². The Hall–Kier alpha value is -2.24. The van der Waals surface area contributed by atoms with Crippen molar-refractivity contribution in [2.24, 2.45) is 4.99 Å². The smallest absolute Gasteiger partial charge is 0.257 e. The molecule has 0 saturated heterocycles. The van der Waals surface area contributed by atoms with Crippen LogP contribution in [0.15, 0.2) is 29.3 Å². The summed E-state index contributed by atoms with van der Waals surface area (Å²) in [4.78, 5) is 15.3. The molecule has 0 fully saturated rings. The van der Waals surface area contributed by atoms with Gasteiger partial charge < -0.3 is 10.1 Å². The van der Waals surface area contributed by atoms with E-state index in [1.54, 1.807) is 14.0 Å². The first kappa shape index (κ1) is 15.8. The van der Waals surface area contributed by atoms with Gasteiger partial charge in [0.05, 0.1) is 0 Å². The van der Waals surface area contributed by atoms with Gasteiger partial charge in [-0.3, -0.25) is 9.79 Å². The molecule has 0 aliphatic heterocycles. The Bertz CT molecular complexity index is 569. The van der Waals surface area contributed by atoms with Crippen LogP contribution in [0.3, 0.4) is 0 Å². The van der Waals surface area contributed by atoms with Crippen molar-refractivity contribution in [1.29, 1.82) is 0 Å². The summed E-state index contributed by atoms with van der Waals surface area (Å²) in [5, 5.41) is 2.17. The van der Waals surface area contributed by atoms with E-state index in [1.165, 1.54) is 7.05 Å². The van der Waals surface area contributed by atoms with E-state index in [9.17, 15) is 13.6 Å². The van der Waals surface area contributed by atoms with Crippen molar-refractivity contribution in [3.8, 4) is 5.75 Å². The maximum Gasteiger partial charge on any atom is 0.257 e. The third kappa shape index (κ3) is 3.40. The normalized spacial score (nSPS) is 11.2. The number of nitrogens with zero attached hydrogens (tertiary/aromatic N) is 1. The molecule has 0 spiro atoms. The van der Waals surface area contributed by atoms with E-state index in [-0.39, 0.29) is 12.4 Å². The predicted octanol–water partition coefficient (Wildman–Crippen LogP) is 2.35. The van der Waals surface area contributed by atoms with Crippen LogP contribution < -0.4 is 10.1 Å². The third-order valence-corrected chi connectivity index (χ3v) is 2.76. The van der Waals surface area contributed by atoms with Crippen molar-refractivity contribution in [1.82, 2.24) is 5.32 Å². The minimum Gasteiger partial charge on any atom is -0.486 e. The standard InChI is InChI=1S/C14H16F2N2O2/c1-8(9(2)17-3)7-20-11-6-5-10(15)12(13(11)16)14(19)18-4/h5-6H,1,7H2,2-4H3,(H,18,19). The first-order valence-electron chi connectivity index (χ1n) is 5.86. The van der Waals surface area contributed by atoms with Crippen LogP contribution in [-0.2, 0) is 0 Å². The lowest BCUT2D eigenvalue weighted by molar-refractivity contribution is 0.0953. The largest absolute Gasteiger partial charge is 0.486 e. The number of hydrogen-bond acceptors (Lipinski definition) is 3. The van der Waals surface area contributed by atoms with Crippen LogP contribution in [-0.4, -0.2) is 32.3 Å². The minimum atomic E-state index is -1.04. The predicted molar refractivity (Wildman–Crippen MR) is 73.4 cm³/mol. The summed E-state index contributed by atoms with van der Waals surface area (Å²) in [5.41, 5.74) is 0.563. The van der Waals surface area contributed by atoms with Crippen LogP contribution in [0.1, 0.15) is 17.3 Å². The van der Waals surface area contributed by atoms with Gasteiger partial charge in [-0.25, -0.2) is 8.78 Å². The Kier molecular flexibility index (Phi) is 5.37. The van der Waals surface area contributed by atoms with E-state index in [4.69, 9.17) is 4.74 Å². The molecular formula is C14H16F2N2O2. The Labute approximate surface area is 116 Å². The summed E-state index contributed by atoms with van der Waals surface area (Å²) >= 11 is 0. The zero-order valence-electron chi connectivity index (χ0n) is 11.6. The number of carbonyl (C=O) groups is 1. The van der Waals surface area contributed by atoms with Crippen LogP contribution in [0, 0.1) is 11.6 Å². The van der Waals surface area contributed by atoms with Crippen molar-refractivity contribution >= 4 is 11.6 Å². The number of halogens is 2. The summed E-state index contributed by atoms with van der Waals surface area (Å²) in [6.45, 7) is 5.47. The molecule has 1 aromatic carbocycles. The highest BCUT2D eigenvalue weighted by atomic mass is 19.1. The first-order chi connectivity index (χ1) is 9.42. The van der Waals surface area contributed by atoms with E-state index in [1.807, 2.05) is 0 Å². The number of hydrogen-bond donors (Lipinski definition) is 1. The molecule has 1 N–H and O–H groups in total. The quantitative estimate of drug-likeness (QED) is 0.843. The highest BCUT2D eigenvalue weighted by molar-refractivity contribution is 5.97. The van der Waals surface area contributed by atoms with Crippen LogP contribution in [0.2, 0.25) is 0 Å². The van der Waals surface area contributed by atoms with Gasteiger partial charge in [-0.2, -0.15) is 0 Å². The zero-order chi connectivity index (χ0) is 15.3. The van der Waals surface area contributed by atoms with E-state index in [2.05, 4.69) is 16.9 Å². The number of rotatable bonds is 5. The fraction of sp³-hybridized carbons (Fsp3) is 0.286. The van der Waals surface area contributed by atoms with Gasteiger partial charge in [0, 0.05) is 25.4 Å². The van der Waals surface area contributed by atoms with E-state index in [0.29, 0.717) is 11.3 Å². The van der Waals surface area contributed by atoms with E-state index < -0.39 is 23.1 Å². The molecule has 0 aliphatic rings. The maximum atomic E-state index is 14.0. The highest BCUT2D eigenvalue weighted by Crippen LogP contribution is 2.23. The highest BCUT2D eigenvalue weighted by Gasteiger charge is 2.20. The Morgan fingerprint density at radius 3 is 2.65 bits per heavy atom. The van der Waals surface area contributed by atoms with Gasteiger partial charge in [0.15, 0.2) is 11.6 Å². The third-order valence-electron chi connectivity index (χ3n) is 2.76. The molecule has 0 aliphatic carbocycles. The van der Waals surface area contributed by atoms with Gasteiger partial charge in [-0.1, -0.05) is 6.58 Å². The van der Waals surface area contributed by atoms with Crippen LogP contribution in [0.25, 0.3) is 0 Å². The average molecular weight is 282 g/mol. The lowest BCUT2D eigenvalue weighted by atomic mass is 10.1. The average Bonchev–Trinajstić information content (AvgIpc) is 2.44. The molecule has 108 valence electrons. The summed E-state index contributed by atoms with van der Waals surface area (Å²) in [6.07, 6.45) is 0. The van der Waals surface area contributed by atoms with Gasteiger partial charge in [0.1, 0.15) is 18.0 Å². The van der Waals surface area contributed by atoms with Gasteiger partial charge in [-0.05, 0) is 19.1 Å². The molecular weight excluding hydrogens is 266 g/mol. The number of ether oxygens (including phenoxy) is 1. The fourth-order valence-electron chi connectivity index (χ4n) is 1.41. The summed E-state index contributed by atoms with van der Waals surface area (Å²) in [5.74, 6) is -3.05. The van der Waals surface area contributed by atoms with Gasteiger partial charge in [0.2, 0.25) is 0 Å². The summed E-state index contributed by atoms with van der Waals surface area (Å²) in [7, 11) is 2.89. The van der Waals surface area contributed by atoms with Gasteiger partial charge >= 0.3 is 0 Å². The second kappa shape index (κ2) is 6.79. The second-order valence-corrected chi connectivity index (χ2v) is 4.01. The molecule has 20 heavy (non-hydrogen) atoms. The summed E-state index contributed by atoms with van der Waals surface area (Å²) < 4.78 is 32.7. The molecule has 0 heterocycles. The molecule has 4 nitrogen and oxygen atoms in total. The molecule has 0 radical (unpaired) electrons. The molecule has 6 heteroatoms. The Morgan fingerprint density at radius 2 is 2.10 bits per heavy atom. The molecule has 0 saturated carbocycles. The lowest BCUT2D eigenvalue weighted by Crippen LogP contribution is -2.21. The molecule has 0 aromatic heterocycles. The molecule has 0 bridgehead atoms. The van der Waals surface area contributed by atoms with Crippen molar-refractivity contribution in [2.45, 2.75) is 6.92 Å². The van der Waals surface area contributed by atoms with Crippen LogP contribution >= 0.6 is 0 Å². The number of benzene rings is 1. The van der Waals surface area contributed by atoms with Gasteiger partial charge in [-0.15, -0.1) is 0 Å².